The van der Waals surface area contributed by atoms with Crippen molar-refractivity contribution in [1.29, 1.82) is 0 Å². The van der Waals surface area contributed by atoms with Crippen molar-refractivity contribution in [2.45, 2.75) is 13.3 Å². The van der Waals surface area contributed by atoms with Crippen molar-refractivity contribution in [2.24, 2.45) is 5.92 Å². The third-order valence-corrected chi connectivity index (χ3v) is 2.75. The second-order valence-corrected chi connectivity index (χ2v) is 3.86. The standard InChI is InChI=1S/C12H17NO2/c1-2-15-11-5-3-4-10-6-9(8-14)7-13-12(10)11/h3-5,9,13-14H,2,6-8H2,1H3. The number of aliphatic hydroxyl groups excluding tert-OH is 1. The Kier molecular flexibility index (Phi) is 3.11. The summed E-state index contributed by atoms with van der Waals surface area (Å²) in [4.78, 5) is 0. The molecule has 0 amide bonds. The molecule has 1 aliphatic rings. The molecule has 0 aliphatic carbocycles. The number of hydrogen-bond acceptors (Lipinski definition) is 3. The Bertz CT molecular complexity index is 338. The van der Waals surface area contributed by atoms with Crippen LogP contribution in [-0.2, 0) is 6.42 Å². The van der Waals surface area contributed by atoms with Crippen LogP contribution < -0.4 is 10.1 Å². The number of rotatable bonds is 3. The van der Waals surface area contributed by atoms with Gasteiger partial charge in [0.25, 0.3) is 0 Å². The minimum Gasteiger partial charge on any atom is -0.492 e. The minimum atomic E-state index is 0.241. The maximum Gasteiger partial charge on any atom is 0.142 e. The van der Waals surface area contributed by atoms with Crippen LogP contribution in [-0.4, -0.2) is 24.9 Å². The first-order chi connectivity index (χ1) is 7.35. The molecule has 3 heteroatoms. The van der Waals surface area contributed by atoms with E-state index >= 15 is 0 Å². The van der Waals surface area contributed by atoms with E-state index in [1.54, 1.807) is 0 Å². The highest BCUT2D eigenvalue weighted by Gasteiger charge is 2.19. The molecule has 0 saturated carbocycles. The topological polar surface area (TPSA) is 41.5 Å². The van der Waals surface area contributed by atoms with E-state index < -0.39 is 0 Å². The first-order valence-corrected chi connectivity index (χ1v) is 5.44. The van der Waals surface area contributed by atoms with Crippen LogP contribution in [0.3, 0.4) is 0 Å². The number of para-hydroxylation sites is 1. The Labute approximate surface area is 90.1 Å². The zero-order valence-corrected chi connectivity index (χ0v) is 8.99. The van der Waals surface area contributed by atoms with Gasteiger partial charge in [-0.2, -0.15) is 0 Å². The van der Waals surface area contributed by atoms with Crippen LogP contribution in [0.5, 0.6) is 5.75 Å². The van der Waals surface area contributed by atoms with Crippen molar-refractivity contribution in [3.05, 3.63) is 23.8 Å². The van der Waals surface area contributed by atoms with E-state index in [2.05, 4.69) is 11.4 Å². The molecule has 0 radical (unpaired) electrons. The third-order valence-electron chi connectivity index (χ3n) is 2.75. The van der Waals surface area contributed by atoms with Gasteiger partial charge in [0.15, 0.2) is 0 Å². The second-order valence-electron chi connectivity index (χ2n) is 3.86. The van der Waals surface area contributed by atoms with Gasteiger partial charge in [-0.05, 0) is 25.0 Å². The van der Waals surface area contributed by atoms with Crippen LogP contribution in [0.2, 0.25) is 0 Å². The molecule has 1 aromatic rings. The molecule has 1 aromatic carbocycles. The number of aliphatic hydroxyl groups is 1. The van der Waals surface area contributed by atoms with Crippen LogP contribution in [0.15, 0.2) is 18.2 Å². The fourth-order valence-corrected chi connectivity index (χ4v) is 1.98. The summed E-state index contributed by atoms with van der Waals surface area (Å²) >= 11 is 0. The van der Waals surface area contributed by atoms with Crippen LogP contribution in [0.1, 0.15) is 12.5 Å². The number of benzene rings is 1. The van der Waals surface area contributed by atoms with Crippen molar-refractivity contribution >= 4 is 5.69 Å². The van der Waals surface area contributed by atoms with E-state index in [-0.39, 0.29) is 6.61 Å². The Balaban J connectivity index is 2.25. The van der Waals surface area contributed by atoms with Crippen LogP contribution in [0.25, 0.3) is 0 Å². The summed E-state index contributed by atoms with van der Waals surface area (Å²) in [7, 11) is 0. The smallest absolute Gasteiger partial charge is 0.142 e. The Hall–Kier alpha value is -1.22. The molecular weight excluding hydrogens is 190 g/mol. The largest absolute Gasteiger partial charge is 0.492 e. The zero-order valence-electron chi connectivity index (χ0n) is 8.99. The lowest BCUT2D eigenvalue weighted by Gasteiger charge is -2.26. The molecule has 0 fully saturated rings. The predicted molar refractivity (Wildman–Crippen MR) is 60.4 cm³/mol. The number of ether oxygens (including phenoxy) is 1. The average molecular weight is 207 g/mol. The minimum absolute atomic E-state index is 0.241. The van der Waals surface area contributed by atoms with Crippen molar-refractivity contribution in [3.63, 3.8) is 0 Å². The SMILES string of the molecule is CCOc1cccc2c1NCC(CO)C2. The van der Waals surface area contributed by atoms with Gasteiger partial charge in [-0.1, -0.05) is 12.1 Å². The van der Waals surface area contributed by atoms with Crippen molar-refractivity contribution < 1.29 is 9.84 Å². The van der Waals surface area contributed by atoms with Crippen molar-refractivity contribution in [2.75, 3.05) is 25.1 Å². The molecule has 0 spiro atoms. The van der Waals surface area contributed by atoms with Crippen LogP contribution in [0, 0.1) is 5.92 Å². The van der Waals surface area contributed by atoms with Gasteiger partial charge in [-0.15, -0.1) is 0 Å². The third kappa shape index (κ3) is 2.07. The highest BCUT2D eigenvalue weighted by atomic mass is 16.5. The van der Waals surface area contributed by atoms with Crippen LogP contribution >= 0.6 is 0 Å². The highest BCUT2D eigenvalue weighted by molar-refractivity contribution is 5.63. The van der Waals surface area contributed by atoms with E-state index in [4.69, 9.17) is 9.84 Å². The summed E-state index contributed by atoms with van der Waals surface area (Å²) in [6.45, 7) is 3.74. The highest BCUT2D eigenvalue weighted by Crippen LogP contribution is 2.33. The normalized spacial score (nSPS) is 19.2. The molecule has 1 aliphatic heterocycles. The lowest BCUT2D eigenvalue weighted by Crippen LogP contribution is -2.26. The van der Waals surface area contributed by atoms with E-state index in [9.17, 15) is 0 Å². The molecule has 1 heterocycles. The van der Waals surface area contributed by atoms with Gasteiger partial charge < -0.3 is 15.2 Å². The molecule has 1 unspecified atom stereocenters. The molecule has 0 aromatic heterocycles. The maximum atomic E-state index is 9.12. The summed E-state index contributed by atoms with van der Waals surface area (Å²) in [5, 5.41) is 12.5. The van der Waals surface area contributed by atoms with E-state index in [0.717, 1.165) is 24.4 Å². The average Bonchev–Trinajstić information content (AvgIpc) is 2.29. The fraction of sp³-hybridized carbons (Fsp3) is 0.500. The van der Waals surface area contributed by atoms with E-state index in [0.29, 0.717) is 12.5 Å². The molecule has 0 bridgehead atoms. The summed E-state index contributed by atoms with van der Waals surface area (Å²) in [5.74, 6) is 1.25. The van der Waals surface area contributed by atoms with Gasteiger partial charge >= 0.3 is 0 Å². The van der Waals surface area contributed by atoms with Gasteiger partial charge in [0.1, 0.15) is 5.75 Å². The first-order valence-electron chi connectivity index (χ1n) is 5.44. The van der Waals surface area contributed by atoms with Gasteiger partial charge in [-0.3, -0.25) is 0 Å². The van der Waals surface area contributed by atoms with Gasteiger partial charge in [0.2, 0.25) is 0 Å². The fourth-order valence-electron chi connectivity index (χ4n) is 1.98. The van der Waals surface area contributed by atoms with Gasteiger partial charge in [0.05, 0.1) is 12.3 Å². The molecule has 82 valence electrons. The Morgan fingerprint density at radius 2 is 2.40 bits per heavy atom. The van der Waals surface area contributed by atoms with Gasteiger partial charge in [0, 0.05) is 19.1 Å². The van der Waals surface area contributed by atoms with Crippen molar-refractivity contribution in [1.82, 2.24) is 0 Å². The summed E-state index contributed by atoms with van der Waals surface area (Å²) in [6, 6.07) is 6.08. The van der Waals surface area contributed by atoms with E-state index in [1.807, 2.05) is 19.1 Å². The quantitative estimate of drug-likeness (QED) is 0.792. The number of fused-ring (bicyclic) bond motifs is 1. The maximum absolute atomic E-state index is 9.12. The molecule has 3 nitrogen and oxygen atoms in total. The van der Waals surface area contributed by atoms with Crippen LogP contribution in [0.4, 0.5) is 5.69 Å². The monoisotopic (exact) mass is 207 g/mol. The molecular formula is C12H17NO2. The first kappa shape index (κ1) is 10.3. The number of nitrogens with one attached hydrogen (secondary N) is 1. The lowest BCUT2D eigenvalue weighted by atomic mass is 9.94. The predicted octanol–water partition coefficient (Wildman–Crippen LogP) is 1.66. The summed E-state index contributed by atoms with van der Waals surface area (Å²) in [6.07, 6.45) is 0.930. The molecule has 2 N–H and O–H groups in total. The summed E-state index contributed by atoms with van der Waals surface area (Å²) in [5.41, 5.74) is 2.34. The zero-order chi connectivity index (χ0) is 10.7. The van der Waals surface area contributed by atoms with E-state index in [1.165, 1.54) is 5.56 Å². The second kappa shape index (κ2) is 4.53. The molecule has 0 saturated heterocycles. The Morgan fingerprint density at radius 1 is 1.53 bits per heavy atom. The lowest BCUT2D eigenvalue weighted by molar-refractivity contribution is 0.230. The van der Waals surface area contributed by atoms with Gasteiger partial charge in [-0.25, -0.2) is 0 Å². The van der Waals surface area contributed by atoms with Crippen molar-refractivity contribution in [3.8, 4) is 5.75 Å². The molecule has 2 rings (SSSR count). The molecule has 1 atom stereocenters. The summed E-state index contributed by atoms with van der Waals surface area (Å²) < 4.78 is 5.55. The number of anilines is 1. The molecule has 15 heavy (non-hydrogen) atoms. The number of hydrogen-bond donors (Lipinski definition) is 2. The Morgan fingerprint density at radius 3 is 3.13 bits per heavy atom.